The molecule has 1 heterocycles. The van der Waals surface area contributed by atoms with Gasteiger partial charge in [0.2, 0.25) is 0 Å². The Kier molecular flexibility index (Phi) is 7.39. The minimum absolute atomic E-state index is 0.247. The smallest absolute Gasteiger partial charge is 0.319 e. The maximum atomic E-state index is 13.4. The fraction of sp³-hybridized carbons (Fsp3) is 0.409. The summed E-state index contributed by atoms with van der Waals surface area (Å²) in [5.74, 6) is 0.1000. The largest absolute Gasteiger partial charge is 0.396 e. The van der Waals surface area contributed by atoms with E-state index in [9.17, 15) is 14.3 Å². The van der Waals surface area contributed by atoms with Crippen molar-refractivity contribution in [2.75, 3.05) is 38.1 Å². The van der Waals surface area contributed by atoms with Crippen LogP contribution in [0.2, 0.25) is 0 Å². The second-order valence-electron chi connectivity index (χ2n) is 7.32. The number of nitrogens with zero attached hydrogens (tertiary/aromatic N) is 1. The first-order valence-corrected chi connectivity index (χ1v) is 9.88. The second kappa shape index (κ2) is 10.2. The fourth-order valence-electron chi connectivity index (χ4n) is 3.63. The van der Waals surface area contributed by atoms with Gasteiger partial charge in [-0.1, -0.05) is 24.3 Å². The van der Waals surface area contributed by atoms with Crippen LogP contribution in [-0.2, 0) is 0 Å². The van der Waals surface area contributed by atoms with E-state index < -0.39 is 0 Å². The van der Waals surface area contributed by atoms with Crippen LogP contribution in [0.3, 0.4) is 0 Å². The van der Waals surface area contributed by atoms with Crippen LogP contribution in [0.4, 0.5) is 14.9 Å². The molecule has 1 aliphatic rings. The molecule has 2 amide bonds. The number of hydrogen-bond acceptors (Lipinski definition) is 3. The average Bonchev–Trinajstić information content (AvgIpc) is 2.71. The highest BCUT2D eigenvalue weighted by Gasteiger charge is 2.18. The molecule has 1 saturated heterocycles. The summed E-state index contributed by atoms with van der Waals surface area (Å²) in [5.41, 5.74) is 2.29. The number of carbonyl (C=O) groups is 1. The van der Waals surface area contributed by atoms with Crippen molar-refractivity contribution in [2.45, 2.75) is 19.3 Å². The van der Waals surface area contributed by atoms with E-state index in [1.165, 1.54) is 12.1 Å². The average molecular weight is 385 g/mol. The van der Waals surface area contributed by atoms with Gasteiger partial charge in [-0.3, -0.25) is 0 Å². The molecule has 0 radical (unpaired) electrons. The number of amides is 2. The van der Waals surface area contributed by atoms with Crippen LogP contribution in [0.5, 0.6) is 0 Å². The molecule has 1 aliphatic heterocycles. The molecule has 150 valence electrons. The summed E-state index contributed by atoms with van der Waals surface area (Å²) >= 11 is 0. The van der Waals surface area contributed by atoms with Crippen LogP contribution in [0, 0.1) is 11.7 Å². The lowest BCUT2D eigenvalue weighted by atomic mass is 9.99. The normalized spacial score (nSPS) is 17.3. The molecule has 1 fully saturated rings. The number of likely N-dealkylation sites (tertiary alicyclic amines) is 1. The van der Waals surface area contributed by atoms with Crippen molar-refractivity contribution in [3.8, 4) is 11.1 Å². The SMILES string of the molecule is O=C(NCCCN1CCC[C@@H](CO)C1)Nc1cccc(-c2cccc(F)c2)c1. The van der Waals surface area contributed by atoms with Gasteiger partial charge >= 0.3 is 6.03 Å². The first kappa shape index (κ1) is 20.3. The number of carbonyl (C=O) groups excluding carboxylic acids is 1. The maximum Gasteiger partial charge on any atom is 0.319 e. The number of aliphatic hydroxyl groups excluding tert-OH is 1. The lowest BCUT2D eigenvalue weighted by Crippen LogP contribution is -2.38. The van der Waals surface area contributed by atoms with Gasteiger partial charge in [-0.15, -0.1) is 0 Å². The summed E-state index contributed by atoms with van der Waals surface area (Å²) in [6, 6.07) is 13.5. The van der Waals surface area contributed by atoms with E-state index in [0.29, 0.717) is 18.2 Å². The van der Waals surface area contributed by atoms with Gasteiger partial charge in [0.25, 0.3) is 0 Å². The van der Waals surface area contributed by atoms with Crippen LogP contribution in [0.15, 0.2) is 48.5 Å². The number of hydrogen-bond donors (Lipinski definition) is 3. The third kappa shape index (κ3) is 6.04. The van der Waals surface area contributed by atoms with Crippen molar-refractivity contribution in [1.82, 2.24) is 10.2 Å². The summed E-state index contributed by atoms with van der Waals surface area (Å²) in [6.45, 7) is 3.78. The van der Waals surface area contributed by atoms with Gasteiger partial charge in [-0.2, -0.15) is 0 Å². The summed E-state index contributed by atoms with van der Waals surface area (Å²) in [7, 11) is 0. The molecule has 2 aromatic carbocycles. The third-order valence-corrected chi connectivity index (χ3v) is 5.08. The maximum absolute atomic E-state index is 13.4. The molecule has 28 heavy (non-hydrogen) atoms. The minimum atomic E-state index is -0.285. The molecule has 0 bridgehead atoms. The number of benzene rings is 2. The van der Waals surface area contributed by atoms with Gasteiger partial charge in [0.15, 0.2) is 0 Å². The summed E-state index contributed by atoms with van der Waals surface area (Å²) < 4.78 is 13.4. The van der Waals surface area contributed by atoms with Gasteiger partial charge in [-0.25, -0.2) is 9.18 Å². The van der Waals surface area contributed by atoms with Crippen LogP contribution >= 0.6 is 0 Å². The molecule has 5 nitrogen and oxygen atoms in total. The zero-order chi connectivity index (χ0) is 19.8. The molecule has 0 unspecified atom stereocenters. The number of piperidine rings is 1. The van der Waals surface area contributed by atoms with Crippen molar-refractivity contribution in [3.63, 3.8) is 0 Å². The molecular weight excluding hydrogens is 357 g/mol. The molecule has 0 spiro atoms. The number of halogens is 1. The van der Waals surface area contributed by atoms with E-state index in [1.54, 1.807) is 6.07 Å². The molecule has 2 aromatic rings. The van der Waals surface area contributed by atoms with Gasteiger partial charge in [0, 0.05) is 25.4 Å². The zero-order valence-electron chi connectivity index (χ0n) is 16.0. The van der Waals surface area contributed by atoms with Crippen LogP contribution < -0.4 is 10.6 Å². The Bertz CT molecular complexity index is 784. The van der Waals surface area contributed by atoms with E-state index in [-0.39, 0.29) is 18.5 Å². The number of anilines is 1. The van der Waals surface area contributed by atoms with Crippen molar-refractivity contribution in [1.29, 1.82) is 0 Å². The van der Waals surface area contributed by atoms with Crippen molar-refractivity contribution < 1.29 is 14.3 Å². The van der Waals surface area contributed by atoms with Gasteiger partial charge in [-0.05, 0) is 73.7 Å². The monoisotopic (exact) mass is 385 g/mol. The van der Waals surface area contributed by atoms with E-state index in [0.717, 1.165) is 50.0 Å². The van der Waals surface area contributed by atoms with E-state index in [4.69, 9.17) is 0 Å². The Labute approximate surface area is 165 Å². The first-order valence-electron chi connectivity index (χ1n) is 9.88. The molecule has 1 atom stereocenters. The summed E-state index contributed by atoms with van der Waals surface area (Å²) in [4.78, 5) is 14.5. The Hall–Kier alpha value is -2.44. The lowest BCUT2D eigenvalue weighted by molar-refractivity contribution is 0.120. The van der Waals surface area contributed by atoms with Gasteiger partial charge < -0.3 is 20.6 Å². The lowest BCUT2D eigenvalue weighted by Gasteiger charge is -2.31. The Morgan fingerprint density at radius 3 is 2.75 bits per heavy atom. The number of nitrogens with one attached hydrogen (secondary N) is 2. The molecular formula is C22H28FN3O2. The van der Waals surface area contributed by atoms with Crippen molar-refractivity contribution in [3.05, 3.63) is 54.3 Å². The Balaban J connectivity index is 1.43. The van der Waals surface area contributed by atoms with Gasteiger partial charge in [0.05, 0.1) is 0 Å². The first-order chi connectivity index (χ1) is 13.6. The predicted molar refractivity (Wildman–Crippen MR) is 110 cm³/mol. The minimum Gasteiger partial charge on any atom is -0.396 e. The van der Waals surface area contributed by atoms with Crippen LogP contribution in [0.1, 0.15) is 19.3 Å². The number of aliphatic hydroxyl groups is 1. The molecule has 3 rings (SSSR count). The standard InChI is InChI=1S/C22H28FN3O2/c23-20-8-1-6-18(13-20)19-7-2-9-21(14-19)25-22(28)24-10-4-12-26-11-3-5-17(15-26)16-27/h1-2,6-9,13-14,17,27H,3-5,10-12,15-16H2,(H2,24,25,28)/t17-/m1/s1. The van der Waals surface area contributed by atoms with E-state index in [2.05, 4.69) is 15.5 Å². The van der Waals surface area contributed by atoms with Crippen molar-refractivity contribution >= 4 is 11.7 Å². The molecule has 3 N–H and O–H groups in total. The van der Waals surface area contributed by atoms with Gasteiger partial charge in [0.1, 0.15) is 5.82 Å². The summed E-state index contributed by atoms with van der Waals surface area (Å²) in [5, 5.41) is 15.0. The zero-order valence-corrected chi connectivity index (χ0v) is 16.0. The van der Waals surface area contributed by atoms with E-state index in [1.807, 2.05) is 30.3 Å². The fourth-order valence-corrected chi connectivity index (χ4v) is 3.63. The highest BCUT2D eigenvalue weighted by molar-refractivity contribution is 5.90. The Morgan fingerprint density at radius 2 is 1.96 bits per heavy atom. The van der Waals surface area contributed by atoms with E-state index >= 15 is 0 Å². The molecule has 0 aromatic heterocycles. The Morgan fingerprint density at radius 1 is 1.18 bits per heavy atom. The number of rotatable bonds is 7. The molecule has 0 aliphatic carbocycles. The quantitative estimate of drug-likeness (QED) is 0.637. The molecule has 0 saturated carbocycles. The highest BCUT2D eigenvalue weighted by atomic mass is 19.1. The topological polar surface area (TPSA) is 64.6 Å². The van der Waals surface area contributed by atoms with Crippen LogP contribution in [-0.4, -0.2) is 48.8 Å². The highest BCUT2D eigenvalue weighted by Crippen LogP contribution is 2.23. The number of urea groups is 1. The van der Waals surface area contributed by atoms with Crippen LogP contribution in [0.25, 0.3) is 11.1 Å². The summed E-state index contributed by atoms with van der Waals surface area (Å²) in [6.07, 6.45) is 3.10. The van der Waals surface area contributed by atoms with Crippen molar-refractivity contribution in [2.24, 2.45) is 5.92 Å². The third-order valence-electron chi connectivity index (χ3n) is 5.08. The second-order valence-corrected chi connectivity index (χ2v) is 7.32. The molecule has 6 heteroatoms. The predicted octanol–water partition coefficient (Wildman–Crippen LogP) is 3.71.